The van der Waals surface area contributed by atoms with E-state index in [0.717, 1.165) is 36.2 Å². The number of alkyl halides is 6. The molecule has 2 aromatic carbocycles. The summed E-state index contributed by atoms with van der Waals surface area (Å²) in [6.07, 6.45) is -10.6. The second kappa shape index (κ2) is 8.18. The Balaban J connectivity index is 2.09. The second-order valence-corrected chi connectivity index (χ2v) is 8.07. The van der Waals surface area contributed by atoms with E-state index in [0.29, 0.717) is 5.69 Å². The van der Waals surface area contributed by atoms with Gasteiger partial charge in [-0.2, -0.15) is 26.3 Å². The van der Waals surface area contributed by atoms with Crippen molar-refractivity contribution in [1.29, 1.82) is 0 Å². The van der Waals surface area contributed by atoms with Gasteiger partial charge in [0.2, 0.25) is 0 Å². The van der Waals surface area contributed by atoms with E-state index in [2.05, 4.69) is 0 Å². The van der Waals surface area contributed by atoms with E-state index < -0.39 is 41.9 Å². The van der Waals surface area contributed by atoms with Crippen molar-refractivity contribution in [3.63, 3.8) is 0 Å². The summed E-state index contributed by atoms with van der Waals surface area (Å²) in [5.41, 5.74) is -0.868. The molecular weight excluding hydrogens is 437 g/mol. The Bertz CT molecular complexity index is 899. The number of phenolic OH excluding ortho intramolecular Hbond substituents is 1. The van der Waals surface area contributed by atoms with Gasteiger partial charge in [-0.3, -0.25) is 0 Å². The van der Waals surface area contributed by atoms with Crippen molar-refractivity contribution in [3.8, 4) is 5.75 Å². The average molecular weight is 454 g/mol. The topological polar surface area (TPSA) is 26.7 Å². The summed E-state index contributed by atoms with van der Waals surface area (Å²) < 4.78 is 93.2. The lowest BCUT2D eigenvalue weighted by atomic mass is 10.1. The Hall–Kier alpha value is -2.14. The molecule has 1 N–H and O–H groups in total. The molecule has 0 saturated heterocycles. The number of aromatic hydroxyl groups is 1. The number of nitrogens with zero attached hydrogens (tertiary/aromatic N) is 2. The highest BCUT2D eigenvalue weighted by atomic mass is 32.2. The van der Waals surface area contributed by atoms with Crippen LogP contribution in [0.25, 0.3) is 0 Å². The van der Waals surface area contributed by atoms with Gasteiger partial charge in [0, 0.05) is 24.7 Å². The first-order chi connectivity index (χ1) is 13.8. The van der Waals surface area contributed by atoms with Gasteiger partial charge in [-0.05, 0) is 61.8 Å². The summed E-state index contributed by atoms with van der Waals surface area (Å²) in [5.74, 6) is -1.54. The maximum atomic E-state index is 13.4. The molecule has 30 heavy (non-hydrogen) atoms. The summed E-state index contributed by atoms with van der Waals surface area (Å²) in [7, 11) is 1.54. The largest absolute Gasteiger partial charge is 0.507 e. The van der Waals surface area contributed by atoms with Crippen molar-refractivity contribution in [3.05, 3.63) is 47.8 Å². The van der Waals surface area contributed by atoms with Crippen molar-refractivity contribution >= 4 is 23.3 Å². The van der Waals surface area contributed by atoms with Crippen LogP contribution in [0, 0.1) is 5.82 Å². The van der Waals surface area contributed by atoms with Gasteiger partial charge in [0.05, 0.1) is 16.1 Å². The first-order valence-corrected chi connectivity index (χ1v) is 9.57. The zero-order valence-corrected chi connectivity index (χ0v) is 16.4. The quantitative estimate of drug-likeness (QED) is 0.432. The number of benzene rings is 2. The van der Waals surface area contributed by atoms with Crippen LogP contribution in [0.2, 0.25) is 0 Å². The van der Waals surface area contributed by atoms with E-state index in [4.69, 9.17) is 0 Å². The van der Waals surface area contributed by atoms with Crippen LogP contribution in [0.1, 0.15) is 18.4 Å². The van der Waals surface area contributed by atoms with Crippen LogP contribution in [0.5, 0.6) is 5.75 Å². The maximum Gasteiger partial charge on any atom is 0.420 e. The molecule has 0 aromatic heterocycles. The zero-order chi connectivity index (χ0) is 22.3. The molecule has 1 atom stereocenters. The van der Waals surface area contributed by atoms with E-state index in [1.807, 2.05) is 0 Å². The zero-order valence-electron chi connectivity index (χ0n) is 15.6. The molecule has 0 fully saturated rings. The number of anilines is 2. The predicted molar refractivity (Wildman–Crippen MR) is 99.2 cm³/mol. The molecule has 164 valence electrons. The number of hydrogen-bond acceptors (Lipinski definition) is 4. The Kier molecular flexibility index (Phi) is 6.15. The third-order valence-electron chi connectivity index (χ3n) is 4.72. The maximum absolute atomic E-state index is 13.4. The number of fused-ring (bicyclic) bond motifs is 1. The van der Waals surface area contributed by atoms with Crippen molar-refractivity contribution in [2.24, 2.45) is 0 Å². The predicted octanol–water partition coefficient (Wildman–Crippen LogP) is 6.35. The molecule has 0 spiro atoms. The van der Waals surface area contributed by atoms with E-state index in [1.165, 1.54) is 21.3 Å². The Morgan fingerprint density at radius 2 is 1.70 bits per heavy atom. The number of hydrogen-bond donors (Lipinski definition) is 1. The molecule has 0 bridgehead atoms. The van der Waals surface area contributed by atoms with Gasteiger partial charge in [-0.15, -0.1) is 0 Å². The normalized spacial score (nSPS) is 18.3. The van der Waals surface area contributed by atoms with E-state index in [1.54, 1.807) is 7.05 Å². The smallest absolute Gasteiger partial charge is 0.420 e. The Morgan fingerprint density at radius 3 is 2.27 bits per heavy atom. The first-order valence-electron chi connectivity index (χ1n) is 8.80. The highest BCUT2D eigenvalue weighted by Crippen LogP contribution is 2.47. The van der Waals surface area contributed by atoms with Crippen molar-refractivity contribution in [1.82, 2.24) is 4.31 Å². The van der Waals surface area contributed by atoms with Gasteiger partial charge < -0.3 is 10.0 Å². The molecule has 0 amide bonds. The Labute approximate surface area is 172 Å². The molecule has 1 aliphatic heterocycles. The standard InChI is InChI=1S/C19H17F7N2OS/c1-27-13(6-7-18(21,22)23)10-28(12-4-2-11(20)3-5-12)15-8-14(19(24,25)26)16(29)9-17(15)30-27/h2-5,8-9,13,29H,6-7,10H2,1H3. The Morgan fingerprint density at radius 1 is 1.07 bits per heavy atom. The number of likely N-dealkylation sites (N-methyl/N-ethyl adjacent to an activating group) is 1. The highest BCUT2D eigenvalue weighted by molar-refractivity contribution is 7.97. The minimum absolute atomic E-state index is 0.0553. The van der Waals surface area contributed by atoms with Crippen LogP contribution in [0.15, 0.2) is 41.3 Å². The number of halogens is 7. The molecule has 11 heteroatoms. The summed E-state index contributed by atoms with van der Waals surface area (Å²) in [4.78, 5) is 1.66. The fraction of sp³-hybridized carbons (Fsp3) is 0.368. The van der Waals surface area contributed by atoms with Gasteiger partial charge >= 0.3 is 12.4 Å². The van der Waals surface area contributed by atoms with Gasteiger partial charge in [-0.1, -0.05) is 0 Å². The SMILES string of the molecule is CN1Sc2cc(O)c(C(F)(F)F)cc2N(c2ccc(F)cc2)CC1CCC(F)(F)F. The molecule has 0 aliphatic carbocycles. The molecule has 3 rings (SSSR count). The van der Waals surface area contributed by atoms with Gasteiger partial charge in [-0.25, -0.2) is 8.70 Å². The van der Waals surface area contributed by atoms with Gasteiger partial charge in [0.15, 0.2) is 0 Å². The highest BCUT2D eigenvalue weighted by Gasteiger charge is 2.38. The van der Waals surface area contributed by atoms with E-state index >= 15 is 0 Å². The monoisotopic (exact) mass is 454 g/mol. The lowest BCUT2D eigenvalue weighted by molar-refractivity contribution is -0.139. The third-order valence-corrected chi connectivity index (χ3v) is 5.83. The fourth-order valence-corrected chi connectivity index (χ4v) is 4.25. The van der Waals surface area contributed by atoms with Gasteiger partial charge in [0.25, 0.3) is 0 Å². The fourth-order valence-electron chi connectivity index (χ4n) is 3.19. The molecule has 1 unspecified atom stereocenters. The van der Waals surface area contributed by atoms with Crippen LogP contribution < -0.4 is 4.90 Å². The van der Waals surface area contributed by atoms with Crippen LogP contribution in [0.3, 0.4) is 0 Å². The average Bonchev–Trinajstić information content (AvgIpc) is 2.74. The van der Waals surface area contributed by atoms with Crippen molar-refractivity contribution in [2.75, 3.05) is 18.5 Å². The molecule has 0 saturated carbocycles. The lowest BCUT2D eigenvalue weighted by Gasteiger charge is -2.30. The summed E-state index contributed by atoms with van der Waals surface area (Å²) in [5, 5.41) is 9.88. The number of rotatable bonds is 3. The van der Waals surface area contributed by atoms with Crippen molar-refractivity contribution < 1.29 is 35.8 Å². The third kappa shape index (κ3) is 5.12. The molecule has 3 nitrogen and oxygen atoms in total. The number of phenols is 1. The van der Waals surface area contributed by atoms with E-state index in [-0.39, 0.29) is 23.5 Å². The van der Waals surface area contributed by atoms with Crippen LogP contribution >= 0.6 is 11.9 Å². The molecule has 1 aliphatic rings. The molecule has 1 heterocycles. The van der Waals surface area contributed by atoms with Crippen LogP contribution in [0.4, 0.5) is 42.1 Å². The summed E-state index contributed by atoms with van der Waals surface area (Å²) in [6.45, 7) is -0.0553. The van der Waals surface area contributed by atoms with E-state index in [9.17, 15) is 35.8 Å². The summed E-state index contributed by atoms with van der Waals surface area (Å²) in [6, 6.07) is 5.96. The van der Waals surface area contributed by atoms with Crippen molar-refractivity contribution in [2.45, 2.75) is 36.1 Å². The van der Waals surface area contributed by atoms with Crippen LogP contribution in [-0.4, -0.2) is 35.2 Å². The minimum atomic E-state index is -4.83. The molecule has 2 aromatic rings. The summed E-state index contributed by atoms with van der Waals surface area (Å²) >= 11 is 0.949. The minimum Gasteiger partial charge on any atom is -0.507 e. The molecule has 0 radical (unpaired) electrons. The molecular formula is C19H17F7N2OS. The lowest BCUT2D eigenvalue weighted by Crippen LogP contribution is -2.36. The second-order valence-electron chi connectivity index (χ2n) is 6.87. The van der Waals surface area contributed by atoms with Gasteiger partial charge in [0.1, 0.15) is 11.6 Å². The van der Waals surface area contributed by atoms with Crippen LogP contribution in [-0.2, 0) is 6.18 Å². The first kappa shape index (κ1) is 22.5.